The Labute approximate surface area is 124 Å². The molecular formula is C14H18N4O2S. The molecule has 112 valence electrons. The molecule has 2 aromatic rings. The van der Waals surface area contributed by atoms with Crippen LogP contribution in [0, 0.1) is 0 Å². The molecule has 1 aromatic heterocycles. The summed E-state index contributed by atoms with van der Waals surface area (Å²) in [5, 5.41) is 3.16. The minimum Gasteiger partial charge on any atom is -0.348 e. The second kappa shape index (κ2) is 6.19. The zero-order valence-corrected chi connectivity index (χ0v) is 13.0. The van der Waals surface area contributed by atoms with E-state index in [2.05, 4.69) is 15.3 Å². The zero-order chi connectivity index (χ0) is 15.5. The van der Waals surface area contributed by atoms with E-state index in [0.29, 0.717) is 5.95 Å². The largest absolute Gasteiger partial charge is 0.348 e. The van der Waals surface area contributed by atoms with E-state index in [-0.39, 0.29) is 10.9 Å². The quantitative estimate of drug-likeness (QED) is 0.913. The van der Waals surface area contributed by atoms with Gasteiger partial charge >= 0.3 is 0 Å². The third-order valence-electron chi connectivity index (χ3n) is 3.07. The van der Waals surface area contributed by atoms with E-state index in [0.717, 1.165) is 5.56 Å². The summed E-state index contributed by atoms with van der Waals surface area (Å²) in [6.07, 6.45) is 3.32. The minimum atomic E-state index is -3.39. The number of rotatable bonds is 5. The van der Waals surface area contributed by atoms with E-state index in [1.54, 1.807) is 42.7 Å². The number of hydrogen-bond donors (Lipinski definition) is 1. The lowest BCUT2D eigenvalue weighted by Crippen LogP contribution is -2.22. The zero-order valence-electron chi connectivity index (χ0n) is 12.2. The molecule has 0 bridgehead atoms. The molecule has 0 aliphatic heterocycles. The summed E-state index contributed by atoms with van der Waals surface area (Å²) in [7, 11) is -0.362. The average Bonchev–Trinajstić information content (AvgIpc) is 2.48. The molecule has 2 rings (SSSR count). The lowest BCUT2D eigenvalue weighted by Gasteiger charge is -2.15. The van der Waals surface area contributed by atoms with Crippen LogP contribution >= 0.6 is 0 Å². The van der Waals surface area contributed by atoms with Crippen LogP contribution in [0.25, 0.3) is 0 Å². The van der Waals surface area contributed by atoms with Gasteiger partial charge < -0.3 is 5.32 Å². The maximum Gasteiger partial charge on any atom is 0.242 e. The molecule has 0 saturated heterocycles. The first-order valence-corrected chi connectivity index (χ1v) is 7.91. The van der Waals surface area contributed by atoms with Crippen LogP contribution in [0.1, 0.15) is 18.5 Å². The molecule has 0 amide bonds. The average molecular weight is 306 g/mol. The van der Waals surface area contributed by atoms with Crippen LogP contribution in [0.4, 0.5) is 5.95 Å². The Bertz CT molecular complexity index is 685. The monoisotopic (exact) mass is 306 g/mol. The lowest BCUT2D eigenvalue weighted by atomic mass is 10.1. The summed E-state index contributed by atoms with van der Waals surface area (Å²) >= 11 is 0. The number of benzene rings is 1. The van der Waals surface area contributed by atoms with Gasteiger partial charge in [0, 0.05) is 26.5 Å². The fourth-order valence-corrected chi connectivity index (χ4v) is 2.69. The van der Waals surface area contributed by atoms with Gasteiger partial charge in [0.15, 0.2) is 0 Å². The summed E-state index contributed by atoms with van der Waals surface area (Å²) in [5.41, 5.74) is 0.958. The molecule has 1 aromatic carbocycles. The number of anilines is 1. The first-order valence-electron chi connectivity index (χ1n) is 6.47. The summed E-state index contributed by atoms with van der Waals surface area (Å²) in [6.45, 7) is 1.96. The summed E-state index contributed by atoms with van der Waals surface area (Å²) in [5.74, 6) is 0.537. The highest BCUT2D eigenvalue weighted by Crippen LogP contribution is 2.20. The molecule has 1 heterocycles. The van der Waals surface area contributed by atoms with Gasteiger partial charge in [-0.1, -0.05) is 12.1 Å². The minimum absolute atomic E-state index is 0.0245. The van der Waals surface area contributed by atoms with E-state index >= 15 is 0 Å². The van der Waals surface area contributed by atoms with Crippen LogP contribution < -0.4 is 5.32 Å². The lowest BCUT2D eigenvalue weighted by molar-refractivity contribution is 0.520. The normalized spacial score (nSPS) is 13.1. The first-order chi connectivity index (χ1) is 9.91. The van der Waals surface area contributed by atoms with Gasteiger partial charge in [0.25, 0.3) is 0 Å². The third kappa shape index (κ3) is 3.56. The fraction of sp³-hybridized carbons (Fsp3) is 0.286. The highest BCUT2D eigenvalue weighted by Gasteiger charge is 2.17. The smallest absolute Gasteiger partial charge is 0.242 e. The van der Waals surface area contributed by atoms with E-state index in [9.17, 15) is 8.42 Å². The van der Waals surface area contributed by atoms with Crippen molar-refractivity contribution in [3.63, 3.8) is 0 Å². The molecule has 1 N–H and O–H groups in total. The highest BCUT2D eigenvalue weighted by molar-refractivity contribution is 7.89. The molecule has 21 heavy (non-hydrogen) atoms. The van der Waals surface area contributed by atoms with Crippen LogP contribution in [-0.2, 0) is 10.0 Å². The van der Waals surface area contributed by atoms with Gasteiger partial charge in [0.2, 0.25) is 16.0 Å². The number of nitrogens with one attached hydrogen (secondary N) is 1. The molecule has 0 fully saturated rings. The Hall–Kier alpha value is -1.99. The van der Waals surface area contributed by atoms with Crippen molar-refractivity contribution in [3.8, 4) is 0 Å². The summed E-state index contributed by atoms with van der Waals surface area (Å²) < 4.78 is 25.2. The molecular weight excluding hydrogens is 288 g/mol. The Morgan fingerprint density at radius 3 is 2.19 bits per heavy atom. The number of hydrogen-bond acceptors (Lipinski definition) is 5. The Morgan fingerprint density at radius 2 is 1.67 bits per heavy atom. The SMILES string of the molecule is C[C@H](Nc1ncccn1)c1ccc(S(=O)(=O)N(C)C)cc1. The topological polar surface area (TPSA) is 75.2 Å². The molecule has 0 radical (unpaired) electrons. The van der Waals surface area contributed by atoms with Crippen molar-refractivity contribution in [1.82, 2.24) is 14.3 Å². The van der Waals surface area contributed by atoms with Crippen molar-refractivity contribution in [2.75, 3.05) is 19.4 Å². The van der Waals surface area contributed by atoms with E-state index in [4.69, 9.17) is 0 Å². The van der Waals surface area contributed by atoms with E-state index < -0.39 is 10.0 Å². The molecule has 0 aliphatic carbocycles. The van der Waals surface area contributed by atoms with Gasteiger partial charge in [-0.15, -0.1) is 0 Å². The molecule has 6 nitrogen and oxygen atoms in total. The molecule has 0 aliphatic rings. The number of aromatic nitrogens is 2. The highest BCUT2D eigenvalue weighted by atomic mass is 32.2. The van der Waals surface area contributed by atoms with Gasteiger partial charge in [-0.25, -0.2) is 22.7 Å². The number of sulfonamides is 1. The first kappa shape index (κ1) is 15.4. The van der Waals surface area contributed by atoms with Crippen molar-refractivity contribution in [3.05, 3.63) is 48.3 Å². The van der Waals surface area contributed by atoms with Crippen LogP contribution in [-0.4, -0.2) is 36.8 Å². The molecule has 0 saturated carbocycles. The van der Waals surface area contributed by atoms with E-state index in [1.807, 2.05) is 6.92 Å². The van der Waals surface area contributed by atoms with Crippen molar-refractivity contribution in [2.45, 2.75) is 17.9 Å². The summed E-state index contributed by atoms with van der Waals surface area (Å²) in [6, 6.07) is 8.51. The Kier molecular flexibility index (Phi) is 4.54. The second-order valence-corrected chi connectivity index (χ2v) is 6.95. The van der Waals surface area contributed by atoms with Crippen LogP contribution in [0.15, 0.2) is 47.6 Å². The maximum atomic E-state index is 12.0. The van der Waals surface area contributed by atoms with Crippen LogP contribution in [0.3, 0.4) is 0 Å². The summed E-state index contributed by atoms with van der Waals surface area (Å²) in [4.78, 5) is 8.48. The van der Waals surface area contributed by atoms with Crippen molar-refractivity contribution >= 4 is 16.0 Å². The van der Waals surface area contributed by atoms with Gasteiger partial charge in [0.05, 0.1) is 10.9 Å². The van der Waals surface area contributed by atoms with Crippen molar-refractivity contribution in [2.24, 2.45) is 0 Å². The van der Waals surface area contributed by atoms with Gasteiger partial charge in [-0.05, 0) is 30.7 Å². The predicted octanol–water partition coefficient (Wildman–Crippen LogP) is 1.90. The predicted molar refractivity (Wildman–Crippen MR) is 81.4 cm³/mol. The third-order valence-corrected chi connectivity index (χ3v) is 4.90. The van der Waals surface area contributed by atoms with Gasteiger partial charge in [-0.2, -0.15) is 0 Å². The molecule has 0 spiro atoms. The molecule has 0 unspecified atom stereocenters. The van der Waals surface area contributed by atoms with Crippen molar-refractivity contribution in [1.29, 1.82) is 0 Å². The standard InChI is InChI=1S/C14H18N4O2S/c1-11(17-14-15-9-4-10-16-14)12-5-7-13(8-6-12)21(19,20)18(2)3/h4-11H,1-3H3,(H,15,16,17)/t11-/m0/s1. The van der Waals surface area contributed by atoms with Gasteiger partial charge in [0.1, 0.15) is 0 Å². The van der Waals surface area contributed by atoms with Crippen molar-refractivity contribution < 1.29 is 8.42 Å². The maximum absolute atomic E-state index is 12.0. The second-order valence-electron chi connectivity index (χ2n) is 4.79. The number of nitrogens with zero attached hydrogens (tertiary/aromatic N) is 3. The van der Waals surface area contributed by atoms with Crippen LogP contribution in [0.2, 0.25) is 0 Å². The molecule has 7 heteroatoms. The Morgan fingerprint density at radius 1 is 1.10 bits per heavy atom. The molecule has 1 atom stereocenters. The van der Waals surface area contributed by atoms with Crippen LogP contribution in [0.5, 0.6) is 0 Å². The Balaban J connectivity index is 2.16. The fourth-order valence-electron chi connectivity index (χ4n) is 1.79. The van der Waals surface area contributed by atoms with Gasteiger partial charge in [-0.3, -0.25) is 0 Å². The van der Waals surface area contributed by atoms with E-state index in [1.165, 1.54) is 18.4 Å².